The van der Waals surface area contributed by atoms with Gasteiger partial charge in [0.05, 0.1) is 6.20 Å². The van der Waals surface area contributed by atoms with Gasteiger partial charge in [0.2, 0.25) is 0 Å². The van der Waals surface area contributed by atoms with Gasteiger partial charge in [-0.3, -0.25) is 4.68 Å². The molecule has 3 heteroatoms. The Labute approximate surface area is 73.8 Å². The van der Waals surface area contributed by atoms with E-state index in [1.54, 1.807) is 0 Å². The molecule has 0 saturated carbocycles. The summed E-state index contributed by atoms with van der Waals surface area (Å²) in [5.41, 5.74) is 2.58. The van der Waals surface area contributed by atoms with Gasteiger partial charge in [0, 0.05) is 24.3 Å². The molecular weight excluding hydrogens is 150 g/mol. The molecular formula is C9H17N3. The van der Waals surface area contributed by atoms with Crippen LogP contribution in [0.5, 0.6) is 0 Å². The molecule has 68 valence electrons. The molecule has 3 nitrogen and oxygen atoms in total. The van der Waals surface area contributed by atoms with Crippen LogP contribution in [0, 0.1) is 6.92 Å². The molecule has 0 aliphatic heterocycles. The minimum Gasteiger partial charge on any atom is -0.316 e. The van der Waals surface area contributed by atoms with Crippen molar-refractivity contribution in [2.24, 2.45) is 0 Å². The molecule has 1 N–H and O–H groups in total. The molecule has 0 amide bonds. The van der Waals surface area contributed by atoms with E-state index >= 15 is 0 Å². The first-order valence-electron chi connectivity index (χ1n) is 4.45. The van der Waals surface area contributed by atoms with Crippen LogP contribution in [0.1, 0.15) is 24.6 Å². The zero-order chi connectivity index (χ0) is 8.97. The Hall–Kier alpha value is -0.830. The maximum absolute atomic E-state index is 4.30. The smallest absolute Gasteiger partial charge is 0.0537 e. The lowest BCUT2D eigenvalue weighted by Gasteiger charge is -2.02. The summed E-state index contributed by atoms with van der Waals surface area (Å²) in [6.07, 6.45) is 3.09. The Morgan fingerprint density at radius 1 is 1.58 bits per heavy atom. The fourth-order valence-electron chi connectivity index (χ4n) is 1.29. The van der Waals surface area contributed by atoms with Gasteiger partial charge in [0.1, 0.15) is 0 Å². The van der Waals surface area contributed by atoms with Gasteiger partial charge in [-0.1, -0.05) is 6.92 Å². The van der Waals surface area contributed by atoms with E-state index in [0.29, 0.717) is 0 Å². The van der Waals surface area contributed by atoms with Crippen molar-refractivity contribution >= 4 is 0 Å². The number of nitrogens with one attached hydrogen (secondary N) is 1. The van der Waals surface area contributed by atoms with Crippen molar-refractivity contribution < 1.29 is 0 Å². The largest absolute Gasteiger partial charge is 0.316 e. The average Bonchev–Trinajstić information content (AvgIpc) is 2.38. The van der Waals surface area contributed by atoms with Crippen LogP contribution in [0.4, 0.5) is 0 Å². The normalized spacial score (nSPS) is 10.6. The van der Waals surface area contributed by atoms with Crippen molar-refractivity contribution in [1.29, 1.82) is 0 Å². The summed E-state index contributed by atoms with van der Waals surface area (Å²) < 4.78 is 2.06. The fourth-order valence-corrected chi connectivity index (χ4v) is 1.29. The van der Waals surface area contributed by atoms with Crippen LogP contribution in [0.15, 0.2) is 6.20 Å². The highest BCUT2D eigenvalue weighted by Crippen LogP contribution is 2.06. The van der Waals surface area contributed by atoms with E-state index in [0.717, 1.165) is 19.5 Å². The van der Waals surface area contributed by atoms with Crippen molar-refractivity contribution in [2.75, 3.05) is 7.05 Å². The number of hydrogen-bond acceptors (Lipinski definition) is 2. The highest BCUT2D eigenvalue weighted by atomic mass is 15.3. The Kier molecular flexibility index (Phi) is 3.29. The summed E-state index contributed by atoms with van der Waals surface area (Å²) in [5.74, 6) is 0. The molecule has 1 rings (SSSR count). The fraction of sp³-hybridized carbons (Fsp3) is 0.667. The monoisotopic (exact) mass is 167 g/mol. The lowest BCUT2D eigenvalue weighted by atomic mass is 10.2. The minimum atomic E-state index is 0.912. The summed E-state index contributed by atoms with van der Waals surface area (Å²) in [7, 11) is 1.95. The Morgan fingerprint density at radius 2 is 2.33 bits per heavy atom. The predicted molar refractivity (Wildman–Crippen MR) is 50.0 cm³/mol. The van der Waals surface area contributed by atoms with Gasteiger partial charge in [-0.15, -0.1) is 0 Å². The third-order valence-corrected chi connectivity index (χ3v) is 2.01. The van der Waals surface area contributed by atoms with Gasteiger partial charge in [-0.2, -0.15) is 5.10 Å². The van der Waals surface area contributed by atoms with Gasteiger partial charge in [-0.25, -0.2) is 0 Å². The second-order valence-electron chi connectivity index (χ2n) is 3.01. The van der Waals surface area contributed by atoms with Crippen molar-refractivity contribution in [3.63, 3.8) is 0 Å². The Morgan fingerprint density at radius 3 is 2.92 bits per heavy atom. The summed E-state index contributed by atoms with van der Waals surface area (Å²) in [6.45, 7) is 6.22. The van der Waals surface area contributed by atoms with Crippen LogP contribution < -0.4 is 5.32 Å². The third kappa shape index (κ3) is 1.85. The van der Waals surface area contributed by atoms with Gasteiger partial charge in [0.15, 0.2) is 0 Å². The maximum Gasteiger partial charge on any atom is 0.0537 e. The number of aryl methyl sites for hydroxylation is 1. The standard InChI is InChI=1S/C9H17N3/c1-4-5-12-8(2)9(6-10-3)7-11-12/h7,10H,4-6H2,1-3H3. The molecule has 1 aromatic heterocycles. The second-order valence-corrected chi connectivity index (χ2v) is 3.01. The van der Waals surface area contributed by atoms with E-state index in [-0.39, 0.29) is 0 Å². The third-order valence-electron chi connectivity index (χ3n) is 2.01. The summed E-state index contributed by atoms with van der Waals surface area (Å²) in [6, 6.07) is 0. The SMILES string of the molecule is CCCn1ncc(CNC)c1C. The minimum absolute atomic E-state index is 0.912. The van der Waals surface area contributed by atoms with Gasteiger partial charge in [-0.05, 0) is 20.4 Å². The molecule has 1 heterocycles. The van der Waals surface area contributed by atoms with Crippen molar-refractivity contribution in [2.45, 2.75) is 33.4 Å². The number of nitrogens with zero attached hydrogens (tertiary/aromatic N) is 2. The highest BCUT2D eigenvalue weighted by molar-refractivity contribution is 5.15. The van der Waals surface area contributed by atoms with E-state index in [2.05, 4.69) is 28.9 Å². The van der Waals surface area contributed by atoms with E-state index in [4.69, 9.17) is 0 Å². The molecule has 0 aliphatic carbocycles. The number of rotatable bonds is 4. The Balaban J connectivity index is 2.74. The van der Waals surface area contributed by atoms with Crippen LogP contribution in [-0.4, -0.2) is 16.8 Å². The van der Waals surface area contributed by atoms with Crippen LogP contribution >= 0.6 is 0 Å². The summed E-state index contributed by atoms with van der Waals surface area (Å²) in [4.78, 5) is 0. The molecule has 0 aliphatic rings. The molecule has 0 unspecified atom stereocenters. The first kappa shape index (κ1) is 9.26. The van der Waals surface area contributed by atoms with Gasteiger partial charge >= 0.3 is 0 Å². The molecule has 0 radical (unpaired) electrons. The molecule has 0 spiro atoms. The van der Waals surface area contributed by atoms with Crippen molar-refractivity contribution in [3.8, 4) is 0 Å². The van der Waals surface area contributed by atoms with Crippen LogP contribution in [0.3, 0.4) is 0 Å². The molecule has 0 saturated heterocycles. The summed E-state index contributed by atoms with van der Waals surface area (Å²) in [5, 5.41) is 7.43. The second kappa shape index (κ2) is 4.26. The highest BCUT2D eigenvalue weighted by Gasteiger charge is 2.03. The quantitative estimate of drug-likeness (QED) is 0.733. The van der Waals surface area contributed by atoms with E-state index in [1.165, 1.54) is 11.3 Å². The van der Waals surface area contributed by atoms with Crippen LogP contribution in [-0.2, 0) is 13.1 Å². The first-order valence-corrected chi connectivity index (χ1v) is 4.45. The van der Waals surface area contributed by atoms with Crippen LogP contribution in [0.2, 0.25) is 0 Å². The topological polar surface area (TPSA) is 29.9 Å². The van der Waals surface area contributed by atoms with Crippen molar-refractivity contribution in [3.05, 3.63) is 17.5 Å². The zero-order valence-corrected chi connectivity index (χ0v) is 8.09. The number of hydrogen-bond donors (Lipinski definition) is 1. The molecule has 1 aromatic rings. The lowest BCUT2D eigenvalue weighted by Crippen LogP contribution is -2.07. The molecule has 0 aromatic carbocycles. The average molecular weight is 167 g/mol. The molecule has 0 atom stereocenters. The molecule has 0 fully saturated rings. The predicted octanol–water partition coefficient (Wildman–Crippen LogP) is 1.32. The van der Waals surface area contributed by atoms with Gasteiger partial charge in [0.25, 0.3) is 0 Å². The van der Waals surface area contributed by atoms with Crippen molar-refractivity contribution in [1.82, 2.24) is 15.1 Å². The number of aromatic nitrogens is 2. The van der Waals surface area contributed by atoms with E-state index < -0.39 is 0 Å². The summed E-state index contributed by atoms with van der Waals surface area (Å²) >= 11 is 0. The lowest BCUT2D eigenvalue weighted by molar-refractivity contribution is 0.585. The maximum atomic E-state index is 4.30. The van der Waals surface area contributed by atoms with Gasteiger partial charge < -0.3 is 5.32 Å². The zero-order valence-electron chi connectivity index (χ0n) is 8.09. The van der Waals surface area contributed by atoms with E-state index in [1.807, 2.05) is 13.2 Å². The molecule has 12 heavy (non-hydrogen) atoms. The Bertz CT molecular complexity index is 216. The van der Waals surface area contributed by atoms with E-state index in [9.17, 15) is 0 Å². The first-order chi connectivity index (χ1) is 5.79. The molecule has 0 bridgehead atoms. The van der Waals surface area contributed by atoms with Crippen LogP contribution in [0.25, 0.3) is 0 Å².